The summed E-state index contributed by atoms with van der Waals surface area (Å²) in [6.45, 7) is 7.10. The van der Waals surface area contributed by atoms with E-state index < -0.39 is 0 Å². The maximum Gasteiger partial charge on any atom is 0.241 e. The molecular formula is C17H26N2O3. The Hall–Kier alpha value is -1.75. The summed E-state index contributed by atoms with van der Waals surface area (Å²) in [6.07, 6.45) is 2.34. The first-order valence-corrected chi connectivity index (χ1v) is 8.09. The highest BCUT2D eigenvalue weighted by molar-refractivity contribution is 5.81. The molecule has 0 aliphatic carbocycles. The summed E-state index contributed by atoms with van der Waals surface area (Å²) >= 11 is 0. The van der Waals surface area contributed by atoms with Crippen LogP contribution in [0.25, 0.3) is 0 Å². The average molecular weight is 306 g/mol. The maximum absolute atomic E-state index is 12.1. The fraction of sp³-hybridized carbons (Fsp3) is 0.588. The summed E-state index contributed by atoms with van der Waals surface area (Å²) in [4.78, 5) is 13.9. The van der Waals surface area contributed by atoms with Crippen LogP contribution in [0.1, 0.15) is 26.7 Å². The van der Waals surface area contributed by atoms with Gasteiger partial charge in [0.05, 0.1) is 18.3 Å². The van der Waals surface area contributed by atoms with Crippen LogP contribution in [0, 0.1) is 0 Å². The molecule has 1 aliphatic heterocycles. The number of para-hydroxylation sites is 2. The summed E-state index contributed by atoms with van der Waals surface area (Å²) in [7, 11) is 0. The minimum absolute atomic E-state index is 0.0962. The van der Waals surface area contributed by atoms with Gasteiger partial charge in [0.1, 0.15) is 12.4 Å². The third kappa shape index (κ3) is 4.63. The van der Waals surface area contributed by atoms with Crippen LogP contribution >= 0.6 is 0 Å². The Labute approximate surface area is 132 Å². The molecule has 0 saturated carbocycles. The van der Waals surface area contributed by atoms with Gasteiger partial charge in [0.15, 0.2) is 0 Å². The number of likely N-dealkylation sites (N-methyl/N-ethyl adjacent to an activating group) is 1. The largest absolute Gasteiger partial charge is 0.489 e. The summed E-state index contributed by atoms with van der Waals surface area (Å²) in [6, 6.07) is 7.71. The fourth-order valence-electron chi connectivity index (χ4n) is 2.56. The van der Waals surface area contributed by atoms with E-state index in [1.54, 1.807) is 0 Å². The molecule has 2 rings (SSSR count). The summed E-state index contributed by atoms with van der Waals surface area (Å²) < 4.78 is 11.4. The zero-order chi connectivity index (χ0) is 15.8. The second kappa shape index (κ2) is 8.63. The van der Waals surface area contributed by atoms with E-state index in [2.05, 4.69) is 5.32 Å². The number of nitrogens with zero attached hydrogens (tertiary/aromatic N) is 1. The first kappa shape index (κ1) is 16.6. The molecular weight excluding hydrogens is 280 g/mol. The second-order valence-electron chi connectivity index (χ2n) is 5.36. The normalized spacial score (nSPS) is 17.3. The summed E-state index contributed by atoms with van der Waals surface area (Å²) in [5.74, 6) is 0.865. The highest BCUT2D eigenvalue weighted by atomic mass is 16.5. The molecule has 1 unspecified atom stereocenters. The van der Waals surface area contributed by atoms with Crippen LogP contribution in [-0.4, -0.2) is 49.8 Å². The standard InChI is InChI=1S/C17H26N2O3/c1-3-19(4-2)17(20)12-18-15-9-5-6-10-16(15)22-13-14-8-7-11-21-14/h5-6,9-10,14,18H,3-4,7-8,11-13H2,1-2H3. The SMILES string of the molecule is CCN(CC)C(=O)CNc1ccccc1OCC1CCCO1. The molecule has 1 N–H and O–H groups in total. The van der Waals surface area contributed by atoms with Gasteiger partial charge < -0.3 is 19.7 Å². The van der Waals surface area contributed by atoms with Crippen molar-refractivity contribution in [3.8, 4) is 5.75 Å². The van der Waals surface area contributed by atoms with E-state index in [0.717, 1.165) is 44.0 Å². The van der Waals surface area contributed by atoms with Gasteiger partial charge in [-0.2, -0.15) is 0 Å². The van der Waals surface area contributed by atoms with Crippen molar-refractivity contribution in [2.75, 3.05) is 38.2 Å². The lowest BCUT2D eigenvalue weighted by Gasteiger charge is -2.20. The number of benzene rings is 1. The third-order valence-electron chi connectivity index (χ3n) is 3.88. The van der Waals surface area contributed by atoms with Crippen LogP contribution in [0.15, 0.2) is 24.3 Å². The van der Waals surface area contributed by atoms with Gasteiger partial charge in [0, 0.05) is 19.7 Å². The van der Waals surface area contributed by atoms with E-state index in [4.69, 9.17) is 9.47 Å². The van der Waals surface area contributed by atoms with E-state index in [-0.39, 0.29) is 18.6 Å². The van der Waals surface area contributed by atoms with Crippen molar-refractivity contribution in [3.63, 3.8) is 0 Å². The van der Waals surface area contributed by atoms with Crippen LogP contribution in [-0.2, 0) is 9.53 Å². The van der Waals surface area contributed by atoms with Crippen LogP contribution in [0.5, 0.6) is 5.75 Å². The predicted octanol–water partition coefficient (Wildman–Crippen LogP) is 2.52. The van der Waals surface area contributed by atoms with Gasteiger partial charge in [0.25, 0.3) is 0 Å². The Bertz CT molecular complexity index is 469. The number of hydrogen-bond acceptors (Lipinski definition) is 4. The van der Waals surface area contributed by atoms with Crippen LogP contribution in [0.4, 0.5) is 5.69 Å². The number of carbonyl (C=O) groups excluding carboxylic acids is 1. The molecule has 1 amide bonds. The average Bonchev–Trinajstić information content (AvgIpc) is 3.06. The van der Waals surface area contributed by atoms with Gasteiger partial charge in [-0.25, -0.2) is 0 Å². The van der Waals surface area contributed by atoms with E-state index in [1.807, 2.05) is 43.0 Å². The molecule has 5 nitrogen and oxygen atoms in total. The zero-order valence-corrected chi connectivity index (χ0v) is 13.5. The Morgan fingerprint density at radius 1 is 1.36 bits per heavy atom. The van der Waals surface area contributed by atoms with Crippen LogP contribution in [0.3, 0.4) is 0 Å². The lowest BCUT2D eigenvalue weighted by atomic mass is 10.2. The number of anilines is 1. The lowest BCUT2D eigenvalue weighted by molar-refractivity contribution is -0.128. The van der Waals surface area contributed by atoms with Crippen molar-refractivity contribution < 1.29 is 14.3 Å². The number of amides is 1. The Kier molecular flexibility index (Phi) is 6.52. The number of rotatable bonds is 8. The molecule has 1 fully saturated rings. The van der Waals surface area contributed by atoms with E-state index in [0.29, 0.717) is 6.61 Å². The molecule has 1 aromatic carbocycles. The Morgan fingerprint density at radius 3 is 2.82 bits per heavy atom. The van der Waals surface area contributed by atoms with E-state index >= 15 is 0 Å². The van der Waals surface area contributed by atoms with Crippen LogP contribution in [0.2, 0.25) is 0 Å². The van der Waals surface area contributed by atoms with Crippen molar-refractivity contribution in [1.29, 1.82) is 0 Å². The van der Waals surface area contributed by atoms with Crippen molar-refractivity contribution in [1.82, 2.24) is 4.90 Å². The molecule has 5 heteroatoms. The summed E-state index contributed by atoms with van der Waals surface area (Å²) in [5, 5.41) is 3.18. The minimum atomic E-state index is 0.0962. The first-order chi connectivity index (χ1) is 10.7. The van der Waals surface area contributed by atoms with E-state index in [1.165, 1.54) is 0 Å². The quantitative estimate of drug-likeness (QED) is 0.802. The smallest absolute Gasteiger partial charge is 0.241 e. The van der Waals surface area contributed by atoms with Crippen molar-refractivity contribution in [2.24, 2.45) is 0 Å². The molecule has 1 aliphatic rings. The number of ether oxygens (including phenoxy) is 2. The number of hydrogen-bond donors (Lipinski definition) is 1. The molecule has 122 valence electrons. The van der Waals surface area contributed by atoms with Gasteiger partial charge >= 0.3 is 0 Å². The second-order valence-corrected chi connectivity index (χ2v) is 5.36. The van der Waals surface area contributed by atoms with Crippen molar-refractivity contribution in [3.05, 3.63) is 24.3 Å². The van der Waals surface area contributed by atoms with Gasteiger partial charge in [-0.3, -0.25) is 4.79 Å². The van der Waals surface area contributed by atoms with Gasteiger partial charge in [-0.05, 0) is 38.8 Å². The maximum atomic E-state index is 12.1. The number of carbonyl (C=O) groups is 1. The third-order valence-corrected chi connectivity index (χ3v) is 3.88. The van der Waals surface area contributed by atoms with Crippen molar-refractivity contribution in [2.45, 2.75) is 32.8 Å². The molecule has 0 spiro atoms. The molecule has 0 radical (unpaired) electrons. The Morgan fingerprint density at radius 2 is 2.14 bits per heavy atom. The van der Waals surface area contributed by atoms with Crippen molar-refractivity contribution >= 4 is 11.6 Å². The highest BCUT2D eigenvalue weighted by Gasteiger charge is 2.17. The fourth-order valence-corrected chi connectivity index (χ4v) is 2.56. The number of nitrogens with one attached hydrogen (secondary N) is 1. The molecule has 1 heterocycles. The Balaban J connectivity index is 1.88. The minimum Gasteiger partial charge on any atom is -0.489 e. The zero-order valence-electron chi connectivity index (χ0n) is 13.5. The highest BCUT2D eigenvalue weighted by Crippen LogP contribution is 2.24. The molecule has 22 heavy (non-hydrogen) atoms. The van der Waals surface area contributed by atoms with Crippen LogP contribution < -0.4 is 10.1 Å². The first-order valence-electron chi connectivity index (χ1n) is 8.09. The molecule has 0 bridgehead atoms. The molecule has 1 atom stereocenters. The topological polar surface area (TPSA) is 50.8 Å². The summed E-state index contributed by atoms with van der Waals surface area (Å²) in [5.41, 5.74) is 0.848. The molecule has 0 aromatic heterocycles. The van der Waals surface area contributed by atoms with Gasteiger partial charge in [0.2, 0.25) is 5.91 Å². The lowest BCUT2D eigenvalue weighted by Crippen LogP contribution is -2.35. The predicted molar refractivity (Wildman–Crippen MR) is 87.3 cm³/mol. The molecule has 1 saturated heterocycles. The monoisotopic (exact) mass is 306 g/mol. The van der Waals surface area contributed by atoms with Gasteiger partial charge in [-0.1, -0.05) is 12.1 Å². The molecule has 1 aromatic rings. The van der Waals surface area contributed by atoms with E-state index in [9.17, 15) is 4.79 Å². The van der Waals surface area contributed by atoms with Gasteiger partial charge in [-0.15, -0.1) is 0 Å².